The summed E-state index contributed by atoms with van der Waals surface area (Å²) in [6.07, 6.45) is 3.69. The van der Waals surface area contributed by atoms with Crippen LogP contribution < -0.4 is 11.3 Å². The fourth-order valence-corrected chi connectivity index (χ4v) is 2.56. The van der Waals surface area contributed by atoms with Gasteiger partial charge in [0.1, 0.15) is 11.5 Å². The molecule has 0 saturated heterocycles. The SMILES string of the molecule is CCc1ccc(CC(NN)c2c(C)oc(C)c2C)nc1. The minimum absolute atomic E-state index is 0.0208. The number of rotatable bonds is 5. The van der Waals surface area contributed by atoms with E-state index in [1.54, 1.807) is 0 Å². The zero-order valence-electron chi connectivity index (χ0n) is 12.7. The first-order chi connectivity index (χ1) is 9.56. The maximum atomic E-state index is 5.74. The summed E-state index contributed by atoms with van der Waals surface area (Å²) in [6.45, 7) is 8.15. The molecule has 4 nitrogen and oxygen atoms in total. The monoisotopic (exact) mass is 273 g/mol. The van der Waals surface area contributed by atoms with E-state index < -0.39 is 0 Å². The Morgan fingerprint density at radius 1 is 1.25 bits per heavy atom. The highest BCUT2D eigenvalue weighted by molar-refractivity contribution is 5.35. The Kier molecular flexibility index (Phi) is 4.57. The normalized spacial score (nSPS) is 12.7. The second-order valence-electron chi connectivity index (χ2n) is 5.19. The van der Waals surface area contributed by atoms with Gasteiger partial charge in [0, 0.05) is 23.9 Å². The first kappa shape index (κ1) is 14.8. The average molecular weight is 273 g/mol. The molecule has 0 amide bonds. The number of hydrogen-bond acceptors (Lipinski definition) is 4. The van der Waals surface area contributed by atoms with Gasteiger partial charge in [-0.3, -0.25) is 16.3 Å². The van der Waals surface area contributed by atoms with Crippen molar-refractivity contribution in [2.24, 2.45) is 5.84 Å². The molecule has 0 saturated carbocycles. The van der Waals surface area contributed by atoms with Gasteiger partial charge >= 0.3 is 0 Å². The van der Waals surface area contributed by atoms with Gasteiger partial charge in [-0.25, -0.2) is 0 Å². The maximum Gasteiger partial charge on any atom is 0.106 e. The van der Waals surface area contributed by atoms with Crippen LogP contribution in [0.1, 0.15) is 46.9 Å². The molecule has 20 heavy (non-hydrogen) atoms. The molecule has 1 atom stereocenters. The van der Waals surface area contributed by atoms with E-state index >= 15 is 0 Å². The molecular weight excluding hydrogens is 250 g/mol. The van der Waals surface area contributed by atoms with Crippen molar-refractivity contribution in [2.75, 3.05) is 0 Å². The molecule has 0 aromatic carbocycles. The number of hydrazine groups is 1. The molecule has 1 unspecified atom stereocenters. The van der Waals surface area contributed by atoms with Crippen LogP contribution in [0, 0.1) is 20.8 Å². The lowest BCUT2D eigenvalue weighted by Crippen LogP contribution is -2.30. The Bertz CT molecular complexity index is 572. The Balaban J connectivity index is 2.24. The molecule has 0 aliphatic rings. The lowest BCUT2D eigenvalue weighted by Gasteiger charge is -2.16. The highest BCUT2D eigenvalue weighted by atomic mass is 16.3. The van der Waals surface area contributed by atoms with Crippen molar-refractivity contribution in [3.05, 3.63) is 52.2 Å². The van der Waals surface area contributed by atoms with E-state index in [1.165, 1.54) is 5.56 Å². The molecule has 2 aromatic heterocycles. The molecule has 0 aliphatic heterocycles. The number of furan rings is 1. The summed E-state index contributed by atoms with van der Waals surface area (Å²) in [5.74, 6) is 7.61. The van der Waals surface area contributed by atoms with Gasteiger partial charge in [-0.15, -0.1) is 0 Å². The van der Waals surface area contributed by atoms with Crippen LogP contribution in [0.3, 0.4) is 0 Å². The van der Waals surface area contributed by atoms with Crippen LogP contribution in [0.2, 0.25) is 0 Å². The van der Waals surface area contributed by atoms with E-state index in [4.69, 9.17) is 10.3 Å². The summed E-state index contributed by atoms with van der Waals surface area (Å²) < 4.78 is 5.69. The number of pyridine rings is 1. The predicted molar refractivity (Wildman–Crippen MR) is 80.3 cm³/mol. The molecule has 4 heteroatoms. The summed E-state index contributed by atoms with van der Waals surface area (Å²) in [5, 5.41) is 0. The Hall–Kier alpha value is -1.65. The van der Waals surface area contributed by atoms with Crippen LogP contribution in [0.5, 0.6) is 0 Å². The topological polar surface area (TPSA) is 64.1 Å². The third-order valence-electron chi connectivity index (χ3n) is 3.87. The van der Waals surface area contributed by atoms with Crippen molar-refractivity contribution in [3.63, 3.8) is 0 Å². The van der Waals surface area contributed by atoms with Gasteiger partial charge in [0.15, 0.2) is 0 Å². The smallest absolute Gasteiger partial charge is 0.106 e. The van der Waals surface area contributed by atoms with Crippen molar-refractivity contribution < 1.29 is 4.42 Å². The fourth-order valence-electron chi connectivity index (χ4n) is 2.56. The standard InChI is InChI=1S/C16H23N3O/c1-5-13-6-7-14(18-9-13)8-15(19-17)16-10(2)11(3)20-12(16)4/h6-7,9,15,19H,5,8,17H2,1-4H3. The maximum absolute atomic E-state index is 5.74. The summed E-state index contributed by atoms with van der Waals surface area (Å²) >= 11 is 0. The van der Waals surface area contributed by atoms with Crippen LogP contribution in [0.4, 0.5) is 0 Å². The van der Waals surface area contributed by atoms with Gasteiger partial charge < -0.3 is 4.42 Å². The van der Waals surface area contributed by atoms with E-state index in [0.29, 0.717) is 0 Å². The lowest BCUT2D eigenvalue weighted by molar-refractivity contribution is 0.483. The molecule has 0 radical (unpaired) electrons. The van der Waals surface area contributed by atoms with Crippen LogP contribution in [0.25, 0.3) is 0 Å². The number of nitrogens with two attached hydrogens (primary N) is 1. The Morgan fingerprint density at radius 3 is 2.45 bits per heavy atom. The second kappa shape index (κ2) is 6.20. The first-order valence-corrected chi connectivity index (χ1v) is 7.03. The molecule has 0 spiro atoms. The number of aryl methyl sites for hydroxylation is 3. The number of aromatic nitrogens is 1. The molecule has 0 bridgehead atoms. The first-order valence-electron chi connectivity index (χ1n) is 7.03. The van der Waals surface area contributed by atoms with Crippen molar-refractivity contribution in [1.82, 2.24) is 10.4 Å². The summed E-state index contributed by atoms with van der Waals surface area (Å²) in [7, 11) is 0. The van der Waals surface area contributed by atoms with Crippen molar-refractivity contribution in [2.45, 2.75) is 46.6 Å². The van der Waals surface area contributed by atoms with Gasteiger partial charge in [0.2, 0.25) is 0 Å². The second-order valence-corrected chi connectivity index (χ2v) is 5.19. The average Bonchev–Trinajstić information content (AvgIpc) is 2.71. The lowest BCUT2D eigenvalue weighted by atomic mass is 9.98. The third kappa shape index (κ3) is 2.92. The van der Waals surface area contributed by atoms with Crippen molar-refractivity contribution in [1.29, 1.82) is 0 Å². The summed E-state index contributed by atoms with van der Waals surface area (Å²) in [6, 6.07) is 4.21. The molecule has 0 fully saturated rings. The predicted octanol–water partition coefficient (Wildman–Crippen LogP) is 2.91. The molecular formula is C16H23N3O. The molecule has 0 aliphatic carbocycles. The van der Waals surface area contributed by atoms with Gasteiger partial charge in [-0.1, -0.05) is 13.0 Å². The Labute approximate surface area is 120 Å². The largest absolute Gasteiger partial charge is 0.466 e. The van der Waals surface area contributed by atoms with E-state index in [2.05, 4.69) is 36.4 Å². The van der Waals surface area contributed by atoms with Crippen LogP contribution >= 0.6 is 0 Å². The van der Waals surface area contributed by atoms with Gasteiger partial charge in [0.05, 0.1) is 6.04 Å². The zero-order valence-corrected chi connectivity index (χ0v) is 12.7. The van der Waals surface area contributed by atoms with E-state index in [1.807, 2.05) is 20.0 Å². The summed E-state index contributed by atoms with van der Waals surface area (Å²) in [4.78, 5) is 4.50. The van der Waals surface area contributed by atoms with E-state index in [0.717, 1.165) is 41.2 Å². The van der Waals surface area contributed by atoms with Gasteiger partial charge in [-0.2, -0.15) is 0 Å². The van der Waals surface area contributed by atoms with Crippen molar-refractivity contribution in [3.8, 4) is 0 Å². The highest BCUT2D eigenvalue weighted by Gasteiger charge is 2.20. The molecule has 108 valence electrons. The van der Waals surface area contributed by atoms with E-state index in [9.17, 15) is 0 Å². The van der Waals surface area contributed by atoms with Gasteiger partial charge in [-0.05, 0) is 44.4 Å². The summed E-state index contributed by atoms with van der Waals surface area (Å²) in [5.41, 5.74) is 7.48. The third-order valence-corrected chi connectivity index (χ3v) is 3.87. The Morgan fingerprint density at radius 2 is 2.00 bits per heavy atom. The van der Waals surface area contributed by atoms with Crippen LogP contribution in [-0.4, -0.2) is 4.98 Å². The molecule has 2 rings (SSSR count). The quantitative estimate of drug-likeness (QED) is 0.649. The van der Waals surface area contributed by atoms with E-state index in [-0.39, 0.29) is 6.04 Å². The number of nitrogens with one attached hydrogen (secondary N) is 1. The zero-order chi connectivity index (χ0) is 14.7. The number of hydrogen-bond donors (Lipinski definition) is 2. The minimum atomic E-state index is 0.0208. The molecule has 2 heterocycles. The van der Waals surface area contributed by atoms with Crippen LogP contribution in [-0.2, 0) is 12.8 Å². The molecule has 3 N–H and O–H groups in total. The van der Waals surface area contributed by atoms with Crippen LogP contribution in [0.15, 0.2) is 22.7 Å². The minimum Gasteiger partial charge on any atom is -0.466 e. The van der Waals surface area contributed by atoms with Gasteiger partial charge in [0.25, 0.3) is 0 Å². The highest BCUT2D eigenvalue weighted by Crippen LogP contribution is 2.28. The fraction of sp³-hybridized carbons (Fsp3) is 0.438. The number of nitrogens with zero attached hydrogens (tertiary/aromatic N) is 1. The van der Waals surface area contributed by atoms with Crippen molar-refractivity contribution >= 4 is 0 Å². The molecule has 2 aromatic rings.